The number of carbonyl (C=O) groups excluding carboxylic acids is 1. The molecule has 0 saturated carbocycles. The molecule has 0 aliphatic heterocycles. The molecule has 36 heavy (non-hydrogen) atoms. The van der Waals surface area contributed by atoms with Crippen LogP contribution < -0.4 is 5.32 Å². The fourth-order valence-corrected chi connectivity index (χ4v) is 5.40. The lowest BCUT2D eigenvalue weighted by molar-refractivity contribution is -0.137. The Hall–Kier alpha value is -3.88. The highest BCUT2D eigenvalue weighted by Crippen LogP contribution is 2.34. The van der Waals surface area contributed by atoms with E-state index < -0.39 is 44.4 Å². The third kappa shape index (κ3) is 6.02. The molecule has 0 aliphatic rings. The second-order valence-corrected chi connectivity index (χ2v) is 10.2. The number of phenols is 1. The summed E-state index contributed by atoms with van der Waals surface area (Å²) in [7, 11) is -4.28. The van der Waals surface area contributed by atoms with Crippen LogP contribution in [0.3, 0.4) is 0 Å². The maximum atomic E-state index is 13.2. The molecule has 0 aliphatic carbocycles. The minimum absolute atomic E-state index is 0.0308. The summed E-state index contributed by atoms with van der Waals surface area (Å²) in [5, 5.41) is 31.7. The highest BCUT2D eigenvalue weighted by Gasteiger charge is 2.38. The van der Waals surface area contributed by atoms with E-state index in [4.69, 9.17) is 5.26 Å². The smallest absolute Gasteiger partial charge is 0.417 e. The molecule has 0 spiro atoms. The number of para-hydroxylation sites is 1. The number of hydrogen-bond donors (Lipinski definition) is 3. The maximum Gasteiger partial charge on any atom is 0.417 e. The van der Waals surface area contributed by atoms with Crippen LogP contribution in [0.25, 0.3) is 0 Å². The minimum Gasteiger partial charge on any atom is -0.508 e. The van der Waals surface area contributed by atoms with E-state index in [9.17, 15) is 36.6 Å². The van der Waals surface area contributed by atoms with Gasteiger partial charge in [0.05, 0.1) is 27.8 Å². The van der Waals surface area contributed by atoms with Crippen molar-refractivity contribution >= 4 is 21.4 Å². The number of benzene rings is 3. The number of carbonyl (C=O) groups is 1. The van der Waals surface area contributed by atoms with E-state index in [1.165, 1.54) is 30.3 Å². The molecular weight excluding hydrogens is 497 g/mol. The van der Waals surface area contributed by atoms with Crippen LogP contribution in [0.5, 0.6) is 5.75 Å². The van der Waals surface area contributed by atoms with Gasteiger partial charge in [-0.3, -0.25) is 4.79 Å². The van der Waals surface area contributed by atoms with Crippen molar-refractivity contribution in [3.63, 3.8) is 0 Å². The first kappa shape index (κ1) is 26.7. The molecule has 0 heterocycles. The molecule has 0 fully saturated rings. The largest absolute Gasteiger partial charge is 0.508 e. The van der Waals surface area contributed by atoms with Gasteiger partial charge in [-0.15, -0.1) is 0 Å². The van der Waals surface area contributed by atoms with Crippen molar-refractivity contribution < 1.29 is 36.6 Å². The standard InChI is InChI=1S/C25H21F3N2O5S/c1-24(33,23(32)30-19-11-10-18(14-29)20(13-19)25(26,27)28)15-36(34,35)22-9-5-3-7-17(22)12-16-6-2-4-8-21(16)31/h2-11,13,31,33H,12,15H2,1H3,(H,30,32). The normalized spacial score (nSPS) is 13.4. The van der Waals surface area contributed by atoms with Crippen molar-refractivity contribution in [2.75, 3.05) is 11.1 Å². The number of amides is 1. The molecule has 0 saturated heterocycles. The predicted octanol–water partition coefficient (Wildman–Crippen LogP) is 4.04. The first-order chi connectivity index (χ1) is 16.7. The second kappa shape index (κ2) is 10.0. The molecule has 3 rings (SSSR count). The summed E-state index contributed by atoms with van der Waals surface area (Å²) in [6.07, 6.45) is -4.81. The molecule has 1 unspecified atom stereocenters. The summed E-state index contributed by atoms with van der Waals surface area (Å²) in [5.41, 5.74) is -4.05. The number of anilines is 1. The van der Waals surface area contributed by atoms with Crippen LogP contribution in [-0.2, 0) is 27.2 Å². The lowest BCUT2D eigenvalue weighted by Gasteiger charge is -2.23. The zero-order chi connectivity index (χ0) is 26.7. The monoisotopic (exact) mass is 518 g/mol. The van der Waals surface area contributed by atoms with Gasteiger partial charge in [0, 0.05) is 12.1 Å². The molecule has 3 aromatic rings. The van der Waals surface area contributed by atoms with Crippen molar-refractivity contribution in [2.24, 2.45) is 0 Å². The molecular formula is C25H21F3N2O5S. The second-order valence-electron chi connectivity index (χ2n) is 8.27. The third-order valence-corrected chi connectivity index (χ3v) is 7.35. The Morgan fingerprint density at radius 2 is 1.64 bits per heavy atom. The van der Waals surface area contributed by atoms with Crippen LogP contribution in [0.15, 0.2) is 71.6 Å². The summed E-state index contributed by atoms with van der Waals surface area (Å²) in [4.78, 5) is 12.5. The van der Waals surface area contributed by atoms with Gasteiger partial charge in [-0.1, -0.05) is 36.4 Å². The zero-order valence-electron chi connectivity index (χ0n) is 18.9. The van der Waals surface area contributed by atoms with Crippen molar-refractivity contribution in [1.29, 1.82) is 5.26 Å². The van der Waals surface area contributed by atoms with E-state index >= 15 is 0 Å². The Labute approximate surface area is 205 Å². The van der Waals surface area contributed by atoms with E-state index in [2.05, 4.69) is 5.32 Å². The fraction of sp³-hybridized carbons (Fsp3) is 0.200. The molecule has 3 aromatic carbocycles. The number of hydrogen-bond acceptors (Lipinski definition) is 6. The van der Waals surface area contributed by atoms with E-state index in [0.717, 1.165) is 19.1 Å². The van der Waals surface area contributed by atoms with Gasteiger partial charge in [0.1, 0.15) is 5.75 Å². The number of phenolic OH excluding ortho intramolecular Hbond substituents is 1. The van der Waals surface area contributed by atoms with Crippen molar-refractivity contribution in [3.05, 3.63) is 89.0 Å². The van der Waals surface area contributed by atoms with Crippen LogP contribution in [0.1, 0.15) is 29.2 Å². The number of rotatable bonds is 7. The molecule has 0 aromatic heterocycles. The van der Waals surface area contributed by atoms with Gasteiger partial charge < -0.3 is 15.5 Å². The Morgan fingerprint density at radius 1 is 1.03 bits per heavy atom. The summed E-state index contributed by atoms with van der Waals surface area (Å²) in [6.45, 7) is 0.930. The number of aliphatic hydroxyl groups is 1. The molecule has 3 N–H and O–H groups in total. The SMILES string of the molecule is CC(O)(CS(=O)(=O)c1ccccc1Cc1ccccc1O)C(=O)Nc1ccc(C#N)c(C(F)(F)F)c1. The molecule has 0 radical (unpaired) electrons. The number of aromatic hydroxyl groups is 1. The van der Waals surface area contributed by atoms with Crippen LogP contribution in [-0.4, -0.2) is 35.9 Å². The Balaban J connectivity index is 1.86. The molecule has 1 amide bonds. The van der Waals surface area contributed by atoms with Crippen molar-refractivity contribution in [2.45, 2.75) is 30.0 Å². The van der Waals surface area contributed by atoms with E-state index in [1.54, 1.807) is 24.3 Å². The van der Waals surface area contributed by atoms with Crippen LogP contribution in [0.4, 0.5) is 18.9 Å². The van der Waals surface area contributed by atoms with Crippen LogP contribution >= 0.6 is 0 Å². The topological polar surface area (TPSA) is 127 Å². The highest BCUT2D eigenvalue weighted by molar-refractivity contribution is 7.91. The third-order valence-electron chi connectivity index (χ3n) is 5.34. The summed E-state index contributed by atoms with van der Waals surface area (Å²) in [6, 6.07) is 16.1. The number of nitriles is 1. The lowest BCUT2D eigenvalue weighted by Crippen LogP contribution is -2.46. The first-order valence-electron chi connectivity index (χ1n) is 10.5. The van der Waals surface area contributed by atoms with Gasteiger partial charge in [-0.2, -0.15) is 18.4 Å². The summed E-state index contributed by atoms with van der Waals surface area (Å²) >= 11 is 0. The number of nitrogens with zero attached hydrogens (tertiary/aromatic N) is 1. The van der Waals surface area contributed by atoms with Gasteiger partial charge in [-0.05, 0) is 48.4 Å². The molecule has 1 atom stereocenters. The van der Waals surface area contributed by atoms with Gasteiger partial charge in [0.25, 0.3) is 5.91 Å². The first-order valence-corrected chi connectivity index (χ1v) is 12.1. The summed E-state index contributed by atoms with van der Waals surface area (Å²) in [5.74, 6) is -2.34. The highest BCUT2D eigenvalue weighted by atomic mass is 32.2. The molecule has 7 nitrogen and oxygen atoms in total. The van der Waals surface area contributed by atoms with Gasteiger partial charge in [0.15, 0.2) is 15.4 Å². The number of alkyl halides is 3. The van der Waals surface area contributed by atoms with E-state index in [-0.39, 0.29) is 22.8 Å². The van der Waals surface area contributed by atoms with E-state index in [1.807, 2.05) is 0 Å². The Morgan fingerprint density at radius 3 is 2.25 bits per heavy atom. The molecule has 0 bridgehead atoms. The predicted molar refractivity (Wildman–Crippen MR) is 125 cm³/mol. The van der Waals surface area contributed by atoms with Gasteiger partial charge in [-0.25, -0.2) is 8.42 Å². The van der Waals surface area contributed by atoms with Gasteiger partial charge >= 0.3 is 6.18 Å². The van der Waals surface area contributed by atoms with Gasteiger partial charge in [0.2, 0.25) is 0 Å². The van der Waals surface area contributed by atoms with E-state index in [0.29, 0.717) is 17.2 Å². The Kier molecular flexibility index (Phi) is 7.43. The van der Waals surface area contributed by atoms with Crippen molar-refractivity contribution in [1.82, 2.24) is 0 Å². The zero-order valence-corrected chi connectivity index (χ0v) is 19.7. The lowest BCUT2D eigenvalue weighted by atomic mass is 10.0. The quantitative estimate of drug-likeness (QED) is 0.433. The minimum atomic E-state index is -4.87. The Bertz CT molecular complexity index is 1440. The van der Waals surface area contributed by atoms with Crippen LogP contribution in [0.2, 0.25) is 0 Å². The van der Waals surface area contributed by atoms with Crippen molar-refractivity contribution in [3.8, 4) is 11.8 Å². The fourth-order valence-electron chi connectivity index (χ4n) is 3.55. The number of halogens is 3. The average Bonchev–Trinajstić information content (AvgIpc) is 2.79. The summed E-state index contributed by atoms with van der Waals surface area (Å²) < 4.78 is 66.0. The average molecular weight is 519 g/mol. The van der Waals surface area contributed by atoms with Crippen LogP contribution in [0, 0.1) is 11.3 Å². The number of nitrogens with one attached hydrogen (secondary N) is 1. The molecule has 11 heteroatoms. The number of sulfone groups is 1. The maximum absolute atomic E-state index is 13.2. The molecule has 188 valence electrons.